The Hall–Kier alpha value is -2.67. The Balaban J connectivity index is 1.57. The number of carbonyl (C=O) groups excluding carboxylic acids is 1. The number of benzene rings is 1. The van der Waals surface area contributed by atoms with Crippen molar-refractivity contribution < 1.29 is 13.7 Å². The van der Waals surface area contributed by atoms with E-state index in [2.05, 4.69) is 20.0 Å². The SMILES string of the molecule is Cc1ccc(C)n1CCC(=O)NCc1nc(-c2c(F)cccc2Cl)no1. The molecule has 1 N–H and O–H groups in total. The highest BCUT2D eigenvalue weighted by atomic mass is 35.5. The lowest BCUT2D eigenvalue weighted by atomic mass is 10.2. The second kappa shape index (κ2) is 7.70. The Morgan fingerprint density at radius 2 is 2.00 bits per heavy atom. The largest absolute Gasteiger partial charge is 0.349 e. The minimum atomic E-state index is -0.536. The third kappa shape index (κ3) is 3.94. The van der Waals surface area contributed by atoms with Gasteiger partial charge in [0.1, 0.15) is 5.82 Å². The normalized spacial score (nSPS) is 10.9. The monoisotopic (exact) mass is 376 g/mol. The summed E-state index contributed by atoms with van der Waals surface area (Å²) in [7, 11) is 0. The zero-order chi connectivity index (χ0) is 18.7. The van der Waals surface area contributed by atoms with Crippen LogP contribution in [0.3, 0.4) is 0 Å². The predicted molar refractivity (Wildman–Crippen MR) is 95.1 cm³/mol. The van der Waals surface area contributed by atoms with Crippen LogP contribution in [0.15, 0.2) is 34.9 Å². The van der Waals surface area contributed by atoms with Crippen molar-refractivity contribution in [3.05, 3.63) is 58.5 Å². The van der Waals surface area contributed by atoms with Gasteiger partial charge < -0.3 is 14.4 Å². The molecule has 1 amide bonds. The molecule has 0 aliphatic rings. The summed E-state index contributed by atoms with van der Waals surface area (Å²) in [6.07, 6.45) is 0.330. The molecule has 0 saturated heterocycles. The van der Waals surface area contributed by atoms with Crippen LogP contribution in [0.2, 0.25) is 5.02 Å². The molecule has 0 unspecified atom stereocenters. The molecule has 0 radical (unpaired) electrons. The van der Waals surface area contributed by atoms with Crippen molar-refractivity contribution in [1.82, 2.24) is 20.0 Å². The minimum absolute atomic E-state index is 0.0518. The number of halogens is 2. The van der Waals surface area contributed by atoms with Crippen LogP contribution in [0.4, 0.5) is 4.39 Å². The Morgan fingerprint density at radius 1 is 1.27 bits per heavy atom. The molecule has 0 aliphatic carbocycles. The number of aryl methyl sites for hydroxylation is 2. The molecule has 0 saturated carbocycles. The fraction of sp³-hybridized carbons (Fsp3) is 0.278. The van der Waals surface area contributed by atoms with Crippen LogP contribution in [0.1, 0.15) is 23.7 Å². The smallest absolute Gasteiger partial charge is 0.246 e. The van der Waals surface area contributed by atoms with Gasteiger partial charge in [-0.1, -0.05) is 22.8 Å². The Labute approximate surface area is 155 Å². The number of nitrogens with zero attached hydrogens (tertiary/aromatic N) is 3. The highest BCUT2D eigenvalue weighted by Gasteiger charge is 2.16. The summed E-state index contributed by atoms with van der Waals surface area (Å²) in [5.74, 6) is -0.440. The van der Waals surface area contributed by atoms with Gasteiger partial charge in [-0.2, -0.15) is 4.98 Å². The molecule has 3 aromatic rings. The Bertz CT molecular complexity index is 895. The molecule has 0 bridgehead atoms. The van der Waals surface area contributed by atoms with Crippen LogP contribution < -0.4 is 5.32 Å². The maximum atomic E-state index is 13.9. The van der Waals surface area contributed by atoms with Crippen LogP contribution in [-0.4, -0.2) is 20.6 Å². The first kappa shape index (κ1) is 18.1. The van der Waals surface area contributed by atoms with Crippen molar-refractivity contribution in [3.8, 4) is 11.4 Å². The lowest BCUT2D eigenvalue weighted by molar-refractivity contribution is -0.121. The van der Waals surface area contributed by atoms with E-state index < -0.39 is 5.82 Å². The molecule has 136 valence electrons. The van der Waals surface area contributed by atoms with Crippen LogP contribution in [0.25, 0.3) is 11.4 Å². The van der Waals surface area contributed by atoms with E-state index >= 15 is 0 Å². The molecular formula is C18H18ClFN4O2. The minimum Gasteiger partial charge on any atom is -0.349 e. The first-order valence-corrected chi connectivity index (χ1v) is 8.50. The maximum Gasteiger partial charge on any atom is 0.246 e. The van der Waals surface area contributed by atoms with Crippen molar-refractivity contribution >= 4 is 17.5 Å². The lowest BCUT2D eigenvalue weighted by Crippen LogP contribution is -2.24. The van der Waals surface area contributed by atoms with Gasteiger partial charge >= 0.3 is 0 Å². The molecule has 0 fully saturated rings. The second-order valence-electron chi connectivity index (χ2n) is 5.90. The van der Waals surface area contributed by atoms with Crippen molar-refractivity contribution in [3.63, 3.8) is 0 Å². The average molecular weight is 377 g/mol. The predicted octanol–water partition coefficient (Wildman–Crippen LogP) is 3.65. The second-order valence-corrected chi connectivity index (χ2v) is 6.31. The van der Waals surface area contributed by atoms with Gasteiger partial charge in [-0.3, -0.25) is 4.79 Å². The number of carbonyl (C=O) groups is 1. The van der Waals surface area contributed by atoms with Crippen molar-refractivity contribution in [2.75, 3.05) is 0 Å². The van der Waals surface area contributed by atoms with E-state index in [1.807, 2.05) is 26.0 Å². The van der Waals surface area contributed by atoms with Crippen molar-refractivity contribution in [2.45, 2.75) is 33.4 Å². The Kier molecular flexibility index (Phi) is 5.37. The molecule has 0 atom stereocenters. The number of hydrogen-bond donors (Lipinski definition) is 1. The van der Waals surface area contributed by atoms with Gasteiger partial charge in [0.05, 0.1) is 17.1 Å². The van der Waals surface area contributed by atoms with E-state index in [1.165, 1.54) is 12.1 Å². The summed E-state index contributed by atoms with van der Waals surface area (Å²) in [4.78, 5) is 16.1. The quantitative estimate of drug-likeness (QED) is 0.712. The molecule has 1 aromatic carbocycles. The number of rotatable bonds is 6. The highest BCUT2D eigenvalue weighted by molar-refractivity contribution is 6.33. The summed E-state index contributed by atoms with van der Waals surface area (Å²) in [6.45, 7) is 4.66. The first-order chi connectivity index (χ1) is 12.5. The van der Waals surface area contributed by atoms with Crippen LogP contribution in [-0.2, 0) is 17.9 Å². The highest BCUT2D eigenvalue weighted by Crippen LogP contribution is 2.28. The molecule has 3 rings (SSSR count). The zero-order valence-corrected chi connectivity index (χ0v) is 15.2. The van der Waals surface area contributed by atoms with E-state index in [0.717, 1.165) is 11.4 Å². The molecule has 2 aromatic heterocycles. The van der Waals surface area contributed by atoms with E-state index in [4.69, 9.17) is 16.1 Å². The summed E-state index contributed by atoms with van der Waals surface area (Å²) in [5.41, 5.74) is 2.30. The van der Waals surface area contributed by atoms with Crippen LogP contribution in [0.5, 0.6) is 0 Å². The molecule has 26 heavy (non-hydrogen) atoms. The van der Waals surface area contributed by atoms with Gasteiger partial charge in [0.2, 0.25) is 17.6 Å². The number of aromatic nitrogens is 3. The summed E-state index contributed by atoms with van der Waals surface area (Å²) < 4.78 is 21.0. The number of amides is 1. The van der Waals surface area contributed by atoms with Gasteiger partial charge in [-0.25, -0.2) is 4.39 Å². The van der Waals surface area contributed by atoms with E-state index in [9.17, 15) is 9.18 Å². The number of hydrogen-bond acceptors (Lipinski definition) is 4. The Morgan fingerprint density at radius 3 is 2.69 bits per heavy atom. The molecule has 0 spiro atoms. The van der Waals surface area contributed by atoms with Crippen LogP contribution in [0, 0.1) is 19.7 Å². The fourth-order valence-corrected chi connectivity index (χ4v) is 2.92. The van der Waals surface area contributed by atoms with Crippen molar-refractivity contribution in [1.29, 1.82) is 0 Å². The molecular weight excluding hydrogens is 359 g/mol. The standard InChI is InChI=1S/C18H18ClFN4O2/c1-11-6-7-12(2)24(11)9-8-15(25)21-10-16-22-18(23-26-16)17-13(19)4-3-5-14(17)20/h3-7H,8-10H2,1-2H3,(H,21,25). The van der Waals surface area contributed by atoms with Gasteiger partial charge in [0, 0.05) is 24.4 Å². The third-order valence-corrected chi connectivity index (χ3v) is 4.39. The van der Waals surface area contributed by atoms with E-state index in [0.29, 0.717) is 13.0 Å². The van der Waals surface area contributed by atoms with E-state index in [-0.39, 0.29) is 34.8 Å². The van der Waals surface area contributed by atoms with Gasteiger partial charge in [0.25, 0.3) is 0 Å². The summed E-state index contributed by atoms with van der Waals surface area (Å²) in [5, 5.41) is 6.64. The van der Waals surface area contributed by atoms with Crippen molar-refractivity contribution in [2.24, 2.45) is 0 Å². The maximum absolute atomic E-state index is 13.9. The van der Waals surface area contributed by atoms with Gasteiger partial charge in [0.15, 0.2) is 0 Å². The van der Waals surface area contributed by atoms with Crippen LogP contribution >= 0.6 is 11.6 Å². The fourth-order valence-electron chi connectivity index (χ4n) is 2.67. The van der Waals surface area contributed by atoms with E-state index in [1.54, 1.807) is 6.07 Å². The van der Waals surface area contributed by atoms with Gasteiger partial charge in [-0.15, -0.1) is 0 Å². The lowest BCUT2D eigenvalue weighted by Gasteiger charge is -2.08. The summed E-state index contributed by atoms with van der Waals surface area (Å²) in [6, 6.07) is 8.34. The van der Waals surface area contributed by atoms with Gasteiger partial charge in [-0.05, 0) is 38.1 Å². The third-order valence-electron chi connectivity index (χ3n) is 4.07. The molecule has 8 heteroatoms. The molecule has 6 nitrogen and oxygen atoms in total. The number of nitrogens with one attached hydrogen (secondary N) is 1. The summed E-state index contributed by atoms with van der Waals surface area (Å²) >= 11 is 5.98. The average Bonchev–Trinajstić information content (AvgIpc) is 3.18. The zero-order valence-electron chi connectivity index (χ0n) is 14.4. The topological polar surface area (TPSA) is 73.0 Å². The first-order valence-electron chi connectivity index (χ1n) is 8.12. The molecule has 0 aliphatic heterocycles. The molecule has 2 heterocycles.